The van der Waals surface area contributed by atoms with Crippen molar-refractivity contribution < 1.29 is 43.3 Å². The highest BCUT2D eigenvalue weighted by Crippen LogP contribution is 2.32. The molecule has 11 heteroatoms. The van der Waals surface area contributed by atoms with Crippen LogP contribution in [0.5, 0.6) is 17.2 Å². The normalized spacial score (nSPS) is 10.0. The lowest BCUT2D eigenvalue weighted by molar-refractivity contribution is -0.757. The van der Waals surface area contributed by atoms with Gasteiger partial charge in [-0.2, -0.15) is 0 Å². The average molecular weight is 433 g/mol. The summed E-state index contributed by atoms with van der Waals surface area (Å²) in [5, 5.41) is 9.18. The molecule has 0 bridgehead atoms. The molecule has 2 rings (SSSR count). The van der Waals surface area contributed by atoms with Crippen molar-refractivity contribution >= 4 is 17.9 Å². The van der Waals surface area contributed by atoms with Gasteiger partial charge in [0.25, 0.3) is 5.09 Å². The Morgan fingerprint density at radius 3 is 2.29 bits per heavy atom. The summed E-state index contributed by atoms with van der Waals surface area (Å²) in [4.78, 5) is 50.0. The van der Waals surface area contributed by atoms with Crippen molar-refractivity contribution in [2.45, 2.75) is 13.3 Å². The molecule has 164 valence electrons. The summed E-state index contributed by atoms with van der Waals surface area (Å²) >= 11 is 0. The largest absolute Gasteiger partial charge is 0.494 e. The Bertz CT molecular complexity index is 955. The first-order valence-corrected chi connectivity index (χ1v) is 8.94. The van der Waals surface area contributed by atoms with Gasteiger partial charge in [0, 0.05) is 13.3 Å². The zero-order valence-electron chi connectivity index (χ0n) is 16.7. The van der Waals surface area contributed by atoms with E-state index < -0.39 is 23.0 Å². The third-order valence-electron chi connectivity index (χ3n) is 3.68. The molecule has 2 aromatic rings. The molecular formula is C20H19NO10. The summed E-state index contributed by atoms with van der Waals surface area (Å²) in [6, 6.07) is 10.1. The number of hydrogen-bond donors (Lipinski definition) is 0. The molecule has 0 unspecified atom stereocenters. The fourth-order valence-corrected chi connectivity index (χ4v) is 2.35. The molecule has 0 saturated heterocycles. The Hall–Kier alpha value is -4.15. The third kappa shape index (κ3) is 6.99. The summed E-state index contributed by atoms with van der Waals surface area (Å²) in [6.45, 7) is 1.23. The van der Waals surface area contributed by atoms with E-state index in [-0.39, 0.29) is 35.8 Å². The van der Waals surface area contributed by atoms with Crippen LogP contribution in [0, 0.1) is 10.1 Å². The van der Waals surface area contributed by atoms with Gasteiger partial charge in [0.1, 0.15) is 11.3 Å². The number of carbonyl (C=O) groups excluding carboxylic acids is 3. The van der Waals surface area contributed by atoms with Gasteiger partial charge in [0.15, 0.2) is 11.5 Å². The van der Waals surface area contributed by atoms with Crippen LogP contribution >= 0.6 is 0 Å². The zero-order valence-corrected chi connectivity index (χ0v) is 16.7. The number of nitrogens with zero attached hydrogens (tertiary/aromatic N) is 1. The minimum atomic E-state index is -0.881. The number of methoxy groups -OCH3 is 1. The van der Waals surface area contributed by atoms with Crippen LogP contribution in [0.25, 0.3) is 0 Å². The van der Waals surface area contributed by atoms with E-state index in [4.69, 9.17) is 14.2 Å². The molecule has 31 heavy (non-hydrogen) atoms. The smallest absolute Gasteiger partial charge is 0.343 e. The lowest BCUT2D eigenvalue weighted by Crippen LogP contribution is -2.14. The van der Waals surface area contributed by atoms with Crippen LogP contribution < -0.4 is 14.2 Å². The molecule has 11 nitrogen and oxygen atoms in total. The van der Waals surface area contributed by atoms with E-state index in [1.807, 2.05) is 0 Å². The zero-order chi connectivity index (χ0) is 22.8. The molecule has 0 aromatic heterocycles. The van der Waals surface area contributed by atoms with Gasteiger partial charge in [-0.1, -0.05) is 6.07 Å². The second-order valence-electron chi connectivity index (χ2n) is 5.89. The van der Waals surface area contributed by atoms with E-state index in [0.717, 1.165) is 14.0 Å². The van der Waals surface area contributed by atoms with Gasteiger partial charge in [-0.15, -0.1) is 10.1 Å². The molecule has 0 aliphatic heterocycles. The van der Waals surface area contributed by atoms with Crippen molar-refractivity contribution in [1.29, 1.82) is 0 Å². The second-order valence-corrected chi connectivity index (χ2v) is 5.89. The van der Waals surface area contributed by atoms with Crippen molar-refractivity contribution in [2.75, 3.05) is 20.3 Å². The van der Waals surface area contributed by atoms with Crippen LogP contribution in [0.2, 0.25) is 0 Å². The molecule has 2 aromatic carbocycles. The monoisotopic (exact) mass is 433 g/mol. The molecule has 0 heterocycles. The van der Waals surface area contributed by atoms with E-state index in [1.54, 1.807) is 0 Å². The van der Waals surface area contributed by atoms with E-state index in [0.29, 0.717) is 12.2 Å². The first kappa shape index (κ1) is 23.1. The number of hydrogen-bond acceptors (Lipinski definition) is 10. The quantitative estimate of drug-likeness (QED) is 0.180. The highest BCUT2D eigenvalue weighted by atomic mass is 16.9. The van der Waals surface area contributed by atoms with Crippen molar-refractivity contribution in [3.63, 3.8) is 0 Å². The van der Waals surface area contributed by atoms with Crippen LogP contribution in [-0.4, -0.2) is 43.3 Å². The summed E-state index contributed by atoms with van der Waals surface area (Å²) in [5.41, 5.74) is 0.0917. The Kier molecular flexibility index (Phi) is 8.31. The Morgan fingerprint density at radius 1 is 0.968 bits per heavy atom. The van der Waals surface area contributed by atoms with Crippen LogP contribution in [0.3, 0.4) is 0 Å². The number of carbonyl (C=O) groups is 3. The maximum absolute atomic E-state index is 12.5. The van der Waals surface area contributed by atoms with Gasteiger partial charge in [-0.05, 0) is 36.4 Å². The van der Waals surface area contributed by atoms with Crippen LogP contribution in [-0.2, 0) is 14.4 Å². The van der Waals surface area contributed by atoms with Gasteiger partial charge in [-0.3, -0.25) is 4.79 Å². The summed E-state index contributed by atoms with van der Waals surface area (Å²) in [5.74, 6) is -2.16. The third-order valence-corrected chi connectivity index (χ3v) is 3.68. The number of benzene rings is 2. The molecular weight excluding hydrogens is 414 g/mol. The van der Waals surface area contributed by atoms with E-state index in [9.17, 15) is 24.5 Å². The average Bonchev–Trinajstić information content (AvgIpc) is 2.74. The molecule has 0 aliphatic carbocycles. The first-order chi connectivity index (χ1) is 14.8. The Labute approximate surface area is 176 Å². The minimum Gasteiger partial charge on any atom is -0.494 e. The van der Waals surface area contributed by atoms with Crippen LogP contribution in [0.15, 0.2) is 42.5 Å². The lowest BCUT2D eigenvalue weighted by Gasteiger charge is -2.13. The molecule has 0 spiro atoms. The van der Waals surface area contributed by atoms with Gasteiger partial charge in [0.05, 0.1) is 25.9 Å². The highest BCUT2D eigenvalue weighted by molar-refractivity contribution is 5.96. The molecule has 0 aliphatic rings. The summed E-state index contributed by atoms with van der Waals surface area (Å²) in [6.07, 6.45) is 0.306. The highest BCUT2D eigenvalue weighted by Gasteiger charge is 2.22. The van der Waals surface area contributed by atoms with Crippen molar-refractivity contribution in [1.82, 2.24) is 0 Å². The summed E-state index contributed by atoms with van der Waals surface area (Å²) in [7, 11) is 1.16. The minimum absolute atomic E-state index is 0.0761. The van der Waals surface area contributed by atoms with Crippen LogP contribution in [0.1, 0.15) is 34.1 Å². The van der Waals surface area contributed by atoms with Crippen molar-refractivity contribution in [2.24, 2.45) is 0 Å². The van der Waals surface area contributed by atoms with Gasteiger partial charge in [-0.25, -0.2) is 9.59 Å². The topological polar surface area (TPSA) is 141 Å². The first-order valence-electron chi connectivity index (χ1n) is 8.94. The van der Waals surface area contributed by atoms with E-state index in [1.165, 1.54) is 42.5 Å². The van der Waals surface area contributed by atoms with Crippen molar-refractivity contribution in [3.05, 3.63) is 63.7 Å². The standard InChI is InChI=1S/C20H19NO10/c1-13(22)30-18-16(20(24)27-2)5-3-6-17(18)31-19(23)14-7-9-15(10-8-14)28-11-4-12-29-21(25)26/h3,5-10H,4,11-12H2,1-2H3. The lowest BCUT2D eigenvalue weighted by atomic mass is 10.2. The molecule has 0 N–H and O–H groups in total. The van der Waals surface area contributed by atoms with Gasteiger partial charge >= 0.3 is 17.9 Å². The number of ether oxygens (including phenoxy) is 4. The van der Waals surface area contributed by atoms with Gasteiger partial charge < -0.3 is 23.8 Å². The van der Waals surface area contributed by atoms with Crippen LogP contribution in [0.4, 0.5) is 0 Å². The molecule has 0 radical (unpaired) electrons. The predicted octanol–water partition coefficient (Wildman–Crippen LogP) is 2.59. The van der Waals surface area contributed by atoms with E-state index >= 15 is 0 Å². The van der Waals surface area contributed by atoms with E-state index in [2.05, 4.69) is 9.57 Å². The molecule has 0 amide bonds. The molecule has 0 atom stereocenters. The second kappa shape index (κ2) is 11.1. The van der Waals surface area contributed by atoms with Crippen molar-refractivity contribution in [3.8, 4) is 17.2 Å². The maximum Gasteiger partial charge on any atom is 0.343 e. The Morgan fingerprint density at radius 2 is 1.68 bits per heavy atom. The number of para-hydroxylation sites is 1. The maximum atomic E-state index is 12.5. The molecule has 0 saturated carbocycles. The van der Waals surface area contributed by atoms with Gasteiger partial charge in [0.2, 0.25) is 0 Å². The number of rotatable bonds is 10. The molecule has 0 fully saturated rings. The SMILES string of the molecule is COC(=O)c1cccc(OC(=O)c2ccc(OCCCO[N+](=O)[O-])cc2)c1OC(C)=O. The predicted molar refractivity (Wildman–Crippen MR) is 104 cm³/mol. The number of esters is 3. The fourth-order valence-electron chi connectivity index (χ4n) is 2.35. The summed E-state index contributed by atoms with van der Waals surface area (Å²) < 4.78 is 20.4. The Balaban J connectivity index is 2.07. The fraction of sp³-hybridized carbons (Fsp3) is 0.250.